The lowest BCUT2D eigenvalue weighted by Crippen LogP contribution is -2.25. The minimum Gasteiger partial charge on any atom is -0.441 e. The molecule has 148 valence electrons. The van der Waals surface area contributed by atoms with Gasteiger partial charge in [-0.15, -0.1) is 0 Å². The summed E-state index contributed by atoms with van der Waals surface area (Å²) >= 11 is 1.07. The van der Waals surface area contributed by atoms with Gasteiger partial charge in [0.05, 0.1) is 10.9 Å². The molecule has 1 saturated heterocycles. The van der Waals surface area contributed by atoms with Crippen LogP contribution in [0.3, 0.4) is 0 Å². The topological polar surface area (TPSA) is 72.2 Å². The van der Waals surface area contributed by atoms with Crippen LogP contribution in [-0.4, -0.2) is 21.4 Å². The van der Waals surface area contributed by atoms with Crippen LogP contribution in [0.25, 0.3) is 11.5 Å². The van der Waals surface area contributed by atoms with E-state index in [0.29, 0.717) is 12.3 Å². The molecule has 1 aliphatic heterocycles. The molecule has 0 radical (unpaired) electrons. The third-order valence-electron chi connectivity index (χ3n) is 5.00. The van der Waals surface area contributed by atoms with E-state index in [1.807, 2.05) is 49.4 Å². The smallest absolute Gasteiger partial charge is 0.286 e. The number of rotatable bonds is 7. The van der Waals surface area contributed by atoms with Gasteiger partial charge in [-0.1, -0.05) is 54.2 Å². The van der Waals surface area contributed by atoms with Gasteiger partial charge in [0.2, 0.25) is 11.8 Å². The predicted octanol–water partition coefficient (Wildman–Crippen LogP) is 4.72. The van der Waals surface area contributed by atoms with Crippen molar-refractivity contribution in [3.63, 3.8) is 0 Å². The van der Waals surface area contributed by atoms with Gasteiger partial charge in [-0.05, 0) is 55.9 Å². The van der Waals surface area contributed by atoms with Crippen molar-refractivity contribution in [2.24, 2.45) is 0 Å². The molecule has 2 aromatic carbocycles. The van der Waals surface area contributed by atoms with Crippen LogP contribution in [0.15, 0.2) is 59.0 Å². The lowest BCUT2D eigenvalue weighted by molar-refractivity contribution is -0.118. The zero-order chi connectivity index (χ0) is 20.2. The first kappa shape index (κ1) is 19.5. The van der Waals surface area contributed by atoms with Crippen molar-refractivity contribution in [1.29, 1.82) is 0 Å². The first-order valence-corrected chi connectivity index (χ1v) is 10.6. The number of nitrogens with one attached hydrogen (secondary N) is 1. The van der Waals surface area contributed by atoms with Gasteiger partial charge in [-0.2, -0.15) is 0 Å². The number of aromatic nitrogens is 1. The van der Waals surface area contributed by atoms with E-state index in [4.69, 9.17) is 4.42 Å². The molecule has 0 bridgehead atoms. The van der Waals surface area contributed by atoms with Gasteiger partial charge < -0.3 is 4.42 Å². The van der Waals surface area contributed by atoms with E-state index in [2.05, 4.69) is 22.4 Å². The van der Waals surface area contributed by atoms with Crippen LogP contribution >= 0.6 is 11.8 Å². The Morgan fingerprint density at radius 1 is 1.00 bits per heavy atom. The van der Waals surface area contributed by atoms with E-state index in [0.717, 1.165) is 53.6 Å². The minimum atomic E-state index is -0.317. The summed E-state index contributed by atoms with van der Waals surface area (Å²) in [6.45, 7) is 1.96. The van der Waals surface area contributed by atoms with Crippen LogP contribution in [0, 0.1) is 6.92 Å². The molecule has 0 aliphatic carbocycles. The fraction of sp³-hybridized carbons (Fsp3) is 0.261. The van der Waals surface area contributed by atoms with E-state index in [-0.39, 0.29) is 16.4 Å². The summed E-state index contributed by atoms with van der Waals surface area (Å²) in [6.07, 6.45) is 3.37. The zero-order valence-corrected chi connectivity index (χ0v) is 17.0. The molecule has 6 heteroatoms. The van der Waals surface area contributed by atoms with Crippen LogP contribution in [0.2, 0.25) is 0 Å². The van der Waals surface area contributed by atoms with Gasteiger partial charge in [0.25, 0.3) is 5.24 Å². The molecule has 1 atom stereocenters. The van der Waals surface area contributed by atoms with Gasteiger partial charge in [0.1, 0.15) is 5.76 Å². The lowest BCUT2D eigenvalue weighted by Gasteiger charge is -2.07. The van der Waals surface area contributed by atoms with Crippen LogP contribution in [0.5, 0.6) is 0 Å². The second-order valence-corrected chi connectivity index (χ2v) is 8.32. The fourth-order valence-electron chi connectivity index (χ4n) is 3.41. The molecule has 1 unspecified atom stereocenters. The fourth-order valence-corrected chi connectivity index (χ4v) is 4.27. The summed E-state index contributed by atoms with van der Waals surface area (Å²) in [5.41, 5.74) is 4.32. The summed E-state index contributed by atoms with van der Waals surface area (Å²) in [7, 11) is 0. The monoisotopic (exact) mass is 406 g/mol. The molecule has 4 rings (SSSR count). The molecule has 3 aromatic rings. The highest BCUT2D eigenvalue weighted by Gasteiger charge is 2.31. The van der Waals surface area contributed by atoms with Crippen LogP contribution in [0.4, 0.5) is 4.79 Å². The second kappa shape index (κ2) is 8.66. The number of aryl methyl sites for hydroxylation is 3. The summed E-state index contributed by atoms with van der Waals surface area (Å²) in [5, 5.41) is 1.76. The number of nitrogens with zero attached hydrogens (tertiary/aromatic N) is 1. The molecule has 5 nitrogen and oxygen atoms in total. The van der Waals surface area contributed by atoms with Gasteiger partial charge in [-0.25, -0.2) is 4.98 Å². The quantitative estimate of drug-likeness (QED) is 0.615. The van der Waals surface area contributed by atoms with Gasteiger partial charge in [0, 0.05) is 5.56 Å². The maximum absolute atomic E-state index is 11.7. The number of thioether (sulfide) groups is 1. The highest BCUT2D eigenvalue weighted by Crippen LogP contribution is 2.24. The van der Waals surface area contributed by atoms with E-state index in [1.165, 1.54) is 5.56 Å². The summed E-state index contributed by atoms with van der Waals surface area (Å²) < 4.78 is 5.83. The highest BCUT2D eigenvalue weighted by atomic mass is 32.2. The molecule has 1 fully saturated rings. The van der Waals surface area contributed by atoms with E-state index >= 15 is 0 Å². The number of amides is 2. The Bertz CT molecular complexity index is 1010. The first-order chi connectivity index (χ1) is 14.1. The average molecular weight is 407 g/mol. The maximum atomic E-state index is 11.7. The molecule has 0 saturated carbocycles. The molecule has 1 aliphatic rings. The number of benzene rings is 2. The van der Waals surface area contributed by atoms with Gasteiger partial charge in [-0.3, -0.25) is 14.9 Å². The molecule has 2 heterocycles. The Kier molecular flexibility index (Phi) is 5.81. The number of imide groups is 1. The highest BCUT2D eigenvalue weighted by molar-refractivity contribution is 8.15. The van der Waals surface area contributed by atoms with Gasteiger partial charge >= 0.3 is 0 Å². The van der Waals surface area contributed by atoms with Crippen molar-refractivity contribution in [2.45, 2.75) is 37.9 Å². The third-order valence-corrected chi connectivity index (χ3v) is 5.98. The number of carbonyl (C=O) groups is 2. The van der Waals surface area contributed by atoms with Crippen molar-refractivity contribution in [3.8, 4) is 11.5 Å². The lowest BCUT2D eigenvalue weighted by atomic mass is 10.0. The number of carbonyl (C=O) groups excluding carboxylic acids is 2. The average Bonchev–Trinajstić information content (AvgIpc) is 3.25. The predicted molar refractivity (Wildman–Crippen MR) is 114 cm³/mol. The van der Waals surface area contributed by atoms with Crippen molar-refractivity contribution in [3.05, 3.63) is 77.2 Å². The standard InChI is InChI=1S/C23H22N2O3S/c1-15-19(24-22(28-15)18-7-3-2-4-8-18)9-5-6-16-10-12-17(13-11-16)14-20-21(26)25-23(27)29-20/h2-4,7-8,10-13,20H,5-6,9,14H2,1H3,(H,25,26,27). The van der Waals surface area contributed by atoms with E-state index in [1.54, 1.807) is 0 Å². The Labute approximate surface area is 173 Å². The normalized spacial score (nSPS) is 16.2. The van der Waals surface area contributed by atoms with Crippen molar-refractivity contribution in [1.82, 2.24) is 10.3 Å². The summed E-state index contributed by atoms with van der Waals surface area (Å²) in [5.74, 6) is 1.36. The molecule has 1 N–H and O–H groups in total. The van der Waals surface area contributed by atoms with Crippen LogP contribution in [-0.2, 0) is 24.1 Å². The molecule has 29 heavy (non-hydrogen) atoms. The molecule has 1 aromatic heterocycles. The Balaban J connectivity index is 1.30. The maximum Gasteiger partial charge on any atom is 0.286 e. The SMILES string of the molecule is Cc1oc(-c2ccccc2)nc1CCCc1ccc(CC2SC(=O)NC2=O)cc1. The zero-order valence-electron chi connectivity index (χ0n) is 16.2. The number of oxazole rings is 1. The van der Waals surface area contributed by atoms with E-state index in [9.17, 15) is 9.59 Å². The van der Waals surface area contributed by atoms with Gasteiger partial charge in [0.15, 0.2) is 0 Å². The molecular weight excluding hydrogens is 384 g/mol. The van der Waals surface area contributed by atoms with Crippen molar-refractivity contribution in [2.75, 3.05) is 0 Å². The molecule has 2 amide bonds. The Morgan fingerprint density at radius 3 is 2.41 bits per heavy atom. The first-order valence-electron chi connectivity index (χ1n) is 9.69. The molecule has 0 spiro atoms. The molecular formula is C23H22N2O3S. The second-order valence-electron chi connectivity index (χ2n) is 7.15. The number of hydrogen-bond donors (Lipinski definition) is 1. The van der Waals surface area contributed by atoms with Crippen molar-refractivity contribution >= 4 is 22.9 Å². The Morgan fingerprint density at radius 2 is 1.72 bits per heavy atom. The summed E-state index contributed by atoms with van der Waals surface area (Å²) in [6, 6.07) is 18.2. The minimum absolute atomic E-state index is 0.193. The summed E-state index contributed by atoms with van der Waals surface area (Å²) in [4.78, 5) is 27.6. The largest absolute Gasteiger partial charge is 0.441 e. The third kappa shape index (κ3) is 4.77. The van der Waals surface area contributed by atoms with Crippen LogP contribution < -0.4 is 5.32 Å². The van der Waals surface area contributed by atoms with Crippen molar-refractivity contribution < 1.29 is 14.0 Å². The number of hydrogen-bond acceptors (Lipinski definition) is 5. The van der Waals surface area contributed by atoms with E-state index < -0.39 is 0 Å². The Hall–Kier alpha value is -2.86. The van der Waals surface area contributed by atoms with Crippen LogP contribution in [0.1, 0.15) is 29.0 Å².